The molecule has 1 aromatic heterocycles. The van der Waals surface area contributed by atoms with Gasteiger partial charge in [-0.1, -0.05) is 37.5 Å². The smallest absolute Gasteiger partial charge is 0.258 e. The summed E-state index contributed by atoms with van der Waals surface area (Å²) in [6.45, 7) is 4.21. The van der Waals surface area contributed by atoms with Gasteiger partial charge >= 0.3 is 0 Å². The molecule has 0 aliphatic carbocycles. The molecule has 22 heavy (non-hydrogen) atoms. The molecule has 0 radical (unpaired) electrons. The predicted molar refractivity (Wildman–Crippen MR) is 93.6 cm³/mol. The first-order chi connectivity index (χ1) is 10.7. The molecule has 116 valence electrons. The van der Waals surface area contributed by atoms with E-state index in [1.165, 1.54) is 18.4 Å². The zero-order valence-electron chi connectivity index (χ0n) is 13.1. The van der Waals surface area contributed by atoms with E-state index < -0.39 is 0 Å². The van der Waals surface area contributed by atoms with Crippen molar-refractivity contribution in [2.24, 2.45) is 0 Å². The summed E-state index contributed by atoms with van der Waals surface area (Å²) >= 11 is 1.66. The largest absolute Gasteiger partial charge is 0.322 e. The monoisotopic (exact) mass is 314 g/mol. The standard InChI is InChI=1S/C18H22N2OS/c1-3-4-5-13-22-18-16(7-6-12-19-18)17(21)20-15-10-8-14(2)9-11-15/h6-12H,3-5,13H2,1-2H3,(H,20,21). The molecule has 4 heteroatoms. The van der Waals surface area contributed by atoms with E-state index in [1.807, 2.05) is 37.3 Å². The number of aromatic nitrogens is 1. The van der Waals surface area contributed by atoms with Crippen molar-refractivity contribution in [1.82, 2.24) is 4.98 Å². The van der Waals surface area contributed by atoms with Crippen molar-refractivity contribution >= 4 is 23.4 Å². The van der Waals surface area contributed by atoms with Crippen LogP contribution in [0.4, 0.5) is 5.69 Å². The molecule has 1 N–H and O–H groups in total. The maximum atomic E-state index is 12.4. The Hall–Kier alpha value is -1.81. The summed E-state index contributed by atoms with van der Waals surface area (Å²) in [5.74, 6) is 0.894. The second-order valence-electron chi connectivity index (χ2n) is 5.23. The van der Waals surface area contributed by atoms with Crippen LogP contribution in [0.5, 0.6) is 0 Å². The SMILES string of the molecule is CCCCCSc1ncccc1C(=O)Nc1ccc(C)cc1. The van der Waals surface area contributed by atoms with Crippen molar-refractivity contribution in [1.29, 1.82) is 0 Å². The number of carbonyl (C=O) groups excluding carboxylic acids is 1. The zero-order valence-corrected chi connectivity index (χ0v) is 14.0. The van der Waals surface area contributed by atoms with Crippen LogP contribution in [-0.4, -0.2) is 16.6 Å². The molecule has 0 spiro atoms. The quantitative estimate of drug-likeness (QED) is 0.582. The molecule has 0 aliphatic rings. The molecule has 1 aromatic carbocycles. The first kappa shape index (κ1) is 16.6. The average Bonchev–Trinajstić information content (AvgIpc) is 2.54. The fraction of sp³-hybridized carbons (Fsp3) is 0.333. The summed E-state index contributed by atoms with van der Waals surface area (Å²) in [6, 6.07) is 11.4. The van der Waals surface area contributed by atoms with Crippen LogP contribution in [0, 0.1) is 6.92 Å². The van der Waals surface area contributed by atoms with Gasteiger partial charge in [0.25, 0.3) is 5.91 Å². The minimum Gasteiger partial charge on any atom is -0.322 e. The minimum absolute atomic E-state index is 0.102. The third-order valence-corrected chi connectivity index (χ3v) is 4.40. The van der Waals surface area contributed by atoms with Gasteiger partial charge in [-0.3, -0.25) is 4.79 Å². The normalized spacial score (nSPS) is 10.5. The number of thioether (sulfide) groups is 1. The molecule has 1 amide bonds. The van der Waals surface area contributed by atoms with Crippen molar-refractivity contribution in [2.75, 3.05) is 11.1 Å². The number of rotatable bonds is 7. The van der Waals surface area contributed by atoms with Gasteiger partial charge in [0.15, 0.2) is 0 Å². The molecule has 2 rings (SSSR count). The van der Waals surface area contributed by atoms with Gasteiger partial charge in [0.1, 0.15) is 5.03 Å². The van der Waals surface area contributed by atoms with Gasteiger partial charge < -0.3 is 5.32 Å². The van der Waals surface area contributed by atoms with E-state index in [9.17, 15) is 4.79 Å². The molecule has 2 aromatic rings. The summed E-state index contributed by atoms with van der Waals surface area (Å²) < 4.78 is 0. The number of hydrogen-bond acceptors (Lipinski definition) is 3. The third kappa shape index (κ3) is 4.88. The molecule has 0 aliphatic heterocycles. The van der Waals surface area contributed by atoms with Crippen molar-refractivity contribution in [3.63, 3.8) is 0 Å². The van der Waals surface area contributed by atoms with Crippen molar-refractivity contribution in [3.8, 4) is 0 Å². The van der Waals surface area contributed by atoms with Gasteiger partial charge in [0.05, 0.1) is 5.56 Å². The van der Waals surface area contributed by atoms with E-state index in [2.05, 4.69) is 17.2 Å². The lowest BCUT2D eigenvalue weighted by Crippen LogP contribution is -2.13. The maximum absolute atomic E-state index is 12.4. The van der Waals surface area contributed by atoms with Crippen LogP contribution in [-0.2, 0) is 0 Å². The van der Waals surface area contributed by atoms with Gasteiger partial charge in [-0.25, -0.2) is 4.98 Å². The number of benzene rings is 1. The molecule has 3 nitrogen and oxygen atoms in total. The highest BCUT2D eigenvalue weighted by Gasteiger charge is 2.12. The number of carbonyl (C=O) groups is 1. The summed E-state index contributed by atoms with van der Waals surface area (Å²) in [4.78, 5) is 16.8. The third-order valence-electron chi connectivity index (χ3n) is 3.31. The number of nitrogens with one attached hydrogen (secondary N) is 1. The predicted octanol–water partition coefficient (Wildman–Crippen LogP) is 4.92. The molecule has 0 saturated heterocycles. The lowest BCUT2D eigenvalue weighted by Gasteiger charge is -2.09. The number of amides is 1. The number of nitrogens with zero attached hydrogens (tertiary/aromatic N) is 1. The molecule has 0 unspecified atom stereocenters. The van der Waals surface area contributed by atoms with E-state index in [4.69, 9.17) is 0 Å². The first-order valence-electron chi connectivity index (χ1n) is 7.66. The molecule has 0 fully saturated rings. The van der Waals surface area contributed by atoms with Gasteiger partial charge in [-0.15, -0.1) is 11.8 Å². The van der Waals surface area contributed by atoms with E-state index >= 15 is 0 Å². The van der Waals surface area contributed by atoms with Crippen molar-refractivity contribution in [2.45, 2.75) is 38.1 Å². The summed E-state index contributed by atoms with van der Waals surface area (Å²) in [6.07, 6.45) is 5.30. The van der Waals surface area contributed by atoms with Crippen molar-refractivity contribution < 1.29 is 4.79 Å². The van der Waals surface area contributed by atoms with Crippen LogP contribution in [0.15, 0.2) is 47.6 Å². The Bertz CT molecular complexity index is 611. The van der Waals surface area contributed by atoms with Gasteiger partial charge in [0, 0.05) is 11.9 Å². The van der Waals surface area contributed by atoms with Crippen LogP contribution in [0.3, 0.4) is 0 Å². The minimum atomic E-state index is -0.102. The number of aryl methyl sites for hydroxylation is 1. The van der Waals surface area contributed by atoms with Gasteiger partial charge in [0.2, 0.25) is 0 Å². The zero-order chi connectivity index (χ0) is 15.8. The highest BCUT2D eigenvalue weighted by atomic mass is 32.2. The van der Waals surface area contributed by atoms with Crippen LogP contribution in [0.1, 0.15) is 42.1 Å². The second kappa shape index (κ2) is 8.59. The second-order valence-corrected chi connectivity index (χ2v) is 6.32. The van der Waals surface area contributed by atoms with E-state index in [0.717, 1.165) is 22.9 Å². The average molecular weight is 314 g/mol. The summed E-state index contributed by atoms with van der Waals surface area (Å²) in [7, 11) is 0. The Balaban J connectivity index is 2.03. The fourth-order valence-electron chi connectivity index (χ4n) is 2.03. The molecule has 0 atom stereocenters. The van der Waals surface area contributed by atoms with Gasteiger partial charge in [-0.05, 0) is 43.4 Å². The Kier molecular flexibility index (Phi) is 6.46. The Morgan fingerprint density at radius 2 is 1.95 bits per heavy atom. The Morgan fingerprint density at radius 1 is 1.18 bits per heavy atom. The van der Waals surface area contributed by atoms with Crippen LogP contribution >= 0.6 is 11.8 Å². The van der Waals surface area contributed by atoms with Crippen LogP contribution in [0.2, 0.25) is 0 Å². The Morgan fingerprint density at radius 3 is 2.68 bits per heavy atom. The van der Waals surface area contributed by atoms with Crippen molar-refractivity contribution in [3.05, 3.63) is 53.7 Å². The number of pyridine rings is 1. The number of hydrogen-bond donors (Lipinski definition) is 1. The van der Waals surface area contributed by atoms with E-state index in [-0.39, 0.29) is 5.91 Å². The molecule has 0 saturated carbocycles. The van der Waals surface area contributed by atoms with E-state index in [0.29, 0.717) is 5.56 Å². The molecular formula is C18H22N2OS. The lowest BCUT2D eigenvalue weighted by atomic mass is 10.2. The van der Waals surface area contributed by atoms with E-state index in [1.54, 1.807) is 24.0 Å². The molecule has 0 bridgehead atoms. The fourth-order valence-corrected chi connectivity index (χ4v) is 3.03. The number of anilines is 1. The first-order valence-corrected chi connectivity index (χ1v) is 8.65. The summed E-state index contributed by atoms with van der Waals surface area (Å²) in [5.41, 5.74) is 2.62. The van der Waals surface area contributed by atoms with Crippen LogP contribution in [0.25, 0.3) is 0 Å². The molecular weight excluding hydrogens is 292 g/mol. The highest BCUT2D eigenvalue weighted by Crippen LogP contribution is 2.22. The topological polar surface area (TPSA) is 42.0 Å². The van der Waals surface area contributed by atoms with Gasteiger partial charge in [-0.2, -0.15) is 0 Å². The highest BCUT2D eigenvalue weighted by molar-refractivity contribution is 7.99. The Labute approximate surface area is 136 Å². The maximum Gasteiger partial charge on any atom is 0.258 e. The summed E-state index contributed by atoms with van der Waals surface area (Å²) in [5, 5.41) is 3.74. The van der Waals surface area contributed by atoms with Crippen LogP contribution < -0.4 is 5.32 Å². The lowest BCUT2D eigenvalue weighted by molar-refractivity contribution is 0.102. The number of unbranched alkanes of at least 4 members (excludes halogenated alkanes) is 2. The molecule has 1 heterocycles.